The lowest BCUT2D eigenvalue weighted by atomic mass is 10.2. The fourth-order valence-corrected chi connectivity index (χ4v) is 1.79. The van der Waals surface area contributed by atoms with Crippen LogP contribution >= 0.6 is 0 Å². The first-order valence-electron chi connectivity index (χ1n) is 7.20. The number of nitrogens with two attached hydrogens (primary N) is 1. The molecule has 1 heterocycles. The molecule has 0 aliphatic rings. The van der Waals surface area contributed by atoms with Crippen molar-refractivity contribution >= 4 is 11.6 Å². The van der Waals surface area contributed by atoms with Gasteiger partial charge in [0.1, 0.15) is 5.82 Å². The van der Waals surface area contributed by atoms with Crippen molar-refractivity contribution in [3.05, 3.63) is 17.7 Å². The van der Waals surface area contributed by atoms with Crippen molar-refractivity contribution in [3.8, 4) is 0 Å². The number of hydrogen-bond acceptors (Lipinski definition) is 6. The van der Waals surface area contributed by atoms with E-state index in [4.69, 9.17) is 10.6 Å². The number of carbonyl (C=O) groups excluding carboxylic acids is 1. The monoisotopic (exact) mass is 295 g/mol. The molecule has 7 heteroatoms. The van der Waals surface area contributed by atoms with Gasteiger partial charge >= 0.3 is 0 Å². The van der Waals surface area contributed by atoms with E-state index in [1.54, 1.807) is 7.11 Å². The highest BCUT2D eigenvalue weighted by atomic mass is 16.5. The molecule has 0 fully saturated rings. The van der Waals surface area contributed by atoms with Crippen molar-refractivity contribution in [2.75, 3.05) is 25.7 Å². The fraction of sp³-hybridized carbons (Fsp3) is 0.643. The number of ether oxygens (including phenoxy) is 1. The van der Waals surface area contributed by atoms with Gasteiger partial charge in [-0.05, 0) is 19.3 Å². The largest absolute Gasteiger partial charge is 0.385 e. The first-order chi connectivity index (χ1) is 10.1. The Morgan fingerprint density at radius 1 is 1.38 bits per heavy atom. The number of methoxy groups -OCH3 is 1. The Labute approximate surface area is 125 Å². The summed E-state index contributed by atoms with van der Waals surface area (Å²) in [5, 5.41) is 2.85. The third-order valence-corrected chi connectivity index (χ3v) is 3.01. The zero-order chi connectivity index (χ0) is 15.7. The Morgan fingerprint density at radius 2 is 2.14 bits per heavy atom. The van der Waals surface area contributed by atoms with E-state index in [9.17, 15) is 4.79 Å². The van der Waals surface area contributed by atoms with Crippen LogP contribution in [-0.4, -0.2) is 36.1 Å². The van der Waals surface area contributed by atoms with Crippen LogP contribution in [0.25, 0.3) is 0 Å². The average Bonchev–Trinajstić information content (AvgIpc) is 2.49. The second-order valence-corrected chi connectivity index (χ2v) is 5.10. The molecule has 1 amide bonds. The summed E-state index contributed by atoms with van der Waals surface area (Å²) in [4.78, 5) is 20.6. The predicted molar refractivity (Wildman–Crippen MR) is 82.0 cm³/mol. The number of amides is 1. The molecule has 1 rings (SSSR count). The van der Waals surface area contributed by atoms with Crippen molar-refractivity contribution in [2.24, 2.45) is 5.84 Å². The van der Waals surface area contributed by atoms with Crippen LogP contribution in [0.15, 0.2) is 6.20 Å². The van der Waals surface area contributed by atoms with Gasteiger partial charge in [-0.15, -0.1) is 0 Å². The van der Waals surface area contributed by atoms with Gasteiger partial charge in [-0.25, -0.2) is 9.97 Å². The summed E-state index contributed by atoms with van der Waals surface area (Å²) in [6, 6.07) is 0. The lowest BCUT2D eigenvalue weighted by Gasteiger charge is -2.11. The van der Waals surface area contributed by atoms with E-state index in [0.717, 1.165) is 25.9 Å². The number of nitrogens with zero attached hydrogens (tertiary/aromatic N) is 2. The highest BCUT2D eigenvalue weighted by molar-refractivity contribution is 5.97. The van der Waals surface area contributed by atoms with Gasteiger partial charge in [0.25, 0.3) is 5.91 Å². The van der Waals surface area contributed by atoms with Crippen molar-refractivity contribution in [2.45, 2.75) is 39.0 Å². The molecule has 0 atom stereocenters. The molecule has 0 unspecified atom stereocenters. The summed E-state index contributed by atoms with van der Waals surface area (Å²) >= 11 is 0. The summed E-state index contributed by atoms with van der Waals surface area (Å²) in [6.45, 7) is 5.30. The summed E-state index contributed by atoms with van der Waals surface area (Å²) in [5.74, 6) is 5.94. The van der Waals surface area contributed by atoms with E-state index in [-0.39, 0.29) is 17.5 Å². The Morgan fingerprint density at radius 3 is 2.76 bits per heavy atom. The maximum atomic E-state index is 12.2. The number of aromatic nitrogens is 2. The van der Waals surface area contributed by atoms with Crippen molar-refractivity contribution in [3.63, 3.8) is 0 Å². The summed E-state index contributed by atoms with van der Waals surface area (Å²) in [7, 11) is 1.69. The van der Waals surface area contributed by atoms with Crippen molar-refractivity contribution < 1.29 is 9.53 Å². The maximum absolute atomic E-state index is 12.2. The van der Waals surface area contributed by atoms with Crippen LogP contribution in [0.1, 0.15) is 55.3 Å². The number of nitrogens with one attached hydrogen (secondary N) is 2. The molecule has 0 aliphatic heterocycles. The summed E-state index contributed by atoms with van der Waals surface area (Å²) in [6.07, 6.45) is 4.45. The maximum Gasteiger partial charge on any atom is 0.272 e. The highest BCUT2D eigenvalue weighted by Gasteiger charge is 2.15. The summed E-state index contributed by atoms with van der Waals surface area (Å²) < 4.78 is 4.98. The molecule has 7 nitrogen and oxygen atoms in total. The van der Waals surface area contributed by atoms with Crippen LogP contribution in [-0.2, 0) is 4.74 Å². The highest BCUT2D eigenvalue weighted by Crippen LogP contribution is 2.15. The van der Waals surface area contributed by atoms with Crippen molar-refractivity contribution in [1.29, 1.82) is 0 Å². The normalized spacial score (nSPS) is 10.7. The van der Waals surface area contributed by atoms with Gasteiger partial charge in [-0.3, -0.25) is 10.6 Å². The van der Waals surface area contributed by atoms with Gasteiger partial charge in [-0.1, -0.05) is 13.8 Å². The molecule has 0 aliphatic carbocycles. The molecule has 0 aromatic carbocycles. The van der Waals surface area contributed by atoms with Crippen LogP contribution in [0.3, 0.4) is 0 Å². The van der Waals surface area contributed by atoms with E-state index in [1.165, 1.54) is 6.20 Å². The van der Waals surface area contributed by atoms with Crippen molar-refractivity contribution in [1.82, 2.24) is 15.3 Å². The van der Waals surface area contributed by atoms with Crippen LogP contribution in [0.4, 0.5) is 5.69 Å². The molecule has 0 saturated heterocycles. The Bertz CT molecular complexity index is 451. The molecule has 21 heavy (non-hydrogen) atoms. The Balaban J connectivity index is 2.57. The smallest absolute Gasteiger partial charge is 0.272 e. The average molecular weight is 295 g/mol. The van der Waals surface area contributed by atoms with Gasteiger partial charge in [0.05, 0.1) is 11.9 Å². The lowest BCUT2D eigenvalue weighted by molar-refractivity contribution is 0.0948. The molecule has 0 bridgehead atoms. The van der Waals surface area contributed by atoms with Gasteiger partial charge in [0, 0.05) is 26.2 Å². The van der Waals surface area contributed by atoms with E-state index in [0.29, 0.717) is 18.1 Å². The van der Waals surface area contributed by atoms with E-state index >= 15 is 0 Å². The fourth-order valence-electron chi connectivity index (χ4n) is 1.79. The van der Waals surface area contributed by atoms with Crippen LogP contribution in [0.2, 0.25) is 0 Å². The third kappa shape index (κ3) is 5.65. The topological polar surface area (TPSA) is 102 Å². The third-order valence-electron chi connectivity index (χ3n) is 3.01. The zero-order valence-corrected chi connectivity index (χ0v) is 13.0. The van der Waals surface area contributed by atoms with Gasteiger partial charge in [0.2, 0.25) is 0 Å². The molecular formula is C14H25N5O2. The minimum absolute atomic E-state index is 0.150. The molecular weight excluding hydrogens is 270 g/mol. The Kier molecular flexibility index (Phi) is 7.63. The number of hydrazine groups is 1. The molecule has 4 N–H and O–H groups in total. The van der Waals surface area contributed by atoms with Gasteiger partial charge in [0.15, 0.2) is 5.69 Å². The second kappa shape index (κ2) is 9.25. The zero-order valence-electron chi connectivity index (χ0n) is 13.0. The molecule has 0 saturated carbocycles. The summed E-state index contributed by atoms with van der Waals surface area (Å²) in [5.41, 5.74) is 3.17. The first kappa shape index (κ1) is 17.3. The molecule has 0 radical (unpaired) electrons. The molecule has 118 valence electrons. The number of unbranched alkanes of at least 4 members (excludes halogenated alkanes) is 2. The number of anilines is 1. The van der Waals surface area contributed by atoms with Gasteiger partial charge in [-0.2, -0.15) is 0 Å². The standard InChI is InChI=1S/C14H25N5O2/c1-10(2)13-17-9-11(19-15)12(18-13)14(20)16-7-5-4-6-8-21-3/h9-10,19H,4-8,15H2,1-3H3,(H,16,20). The number of nitrogen functional groups attached to an aromatic ring is 1. The number of hydrogen-bond donors (Lipinski definition) is 3. The number of carbonyl (C=O) groups is 1. The van der Waals surface area contributed by atoms with Crippen LogP contribution in [0.5, 0.6) is 0 Å². The molecule has 1 aromatic rings. The minimum Gasteiger partial charge on any atom is -0.385 e. The minimum atomic E-state index is -0.237. The Hall–Kier alpha value is -1.73. The van der Waals surface area contributed by atoms with Crippen LogP contribution in [0, 0.1) is 0 Å². The van der Waals surface area contributed by atoms with Gasteiger partial charge < -0.3 is 15.5 Å². The molecule has 0 spiro atoms. The van der Waals surface area contributed by atoms with E-state index in [1.807, 2.05) is 13.8 Å². The SMILES string of the molecule is COCCCCCNC(=O)c1nc(C(C)C)ncc1NN. The quantitative estimate of drug-likeness (QED) is 0.362. The van der Waals surface area contributed by atoms with E-state index < -0.39 is 0 Å². The van der Waals surface area contributed by atoms with E-state index in [2.05, 4.69) is 20.7 Å². The second-order valence-electron chi connectivity index (χ2n) is 5.10. The first-order valence-corrected chi connectivity index (χ1v) is 7.20. The number of rotatable bonds is 9. The molecule has 1 aromatic heterocycles. The predicted octanol–water partition coefficient (Wildman–Crippen LogP) is 1.43. The lowest BCUT2D eigenvalue weighted by Crippen LogP contribution is -2.28. The van der Waals surface area contributed by atoms with Crippen LogP contribution < -0.4 is 16.6 Å².